The molecule has 0 radical (unpaired) electrons. The Morgan fingerprint density at radius 3 is 2.21 bits per heavy atom. The number of ether oxygens (including phenoxy) is 1. The van der Waals surface area contributed by atoms with Gasteiger partial charge in [0.1, 0.15) is 5.75 Å². The van der Waals surface area contributed by atoms with E-state index in [0.29, 0.717) is 26.2 Å². The number of nitro benzene ring substituents is 1. The number of methoxy groups -OCH3 is 1. The van der Waals surface area contributed by atoms with E-state index in [1.54, 1.807) is 31.0 Å². The second-order valence-corrected chi connectivity index (χ2v) is 7.94. The summed E-state index contributed by atoms with van der Waals surface area (Å²) in [5.41, 5.74) is 1.03. The summed E-state index contributed by atoms with van der Waals surface area (Å²) >= 11 is 1.54. The molecule has 2 aromatic rings. The number of carbonyl (C=O) groups is 1. The molecule has 1 aliphatic heterocycles. The predicted molar refractivity (Wildman–Crippen MR) is 110 cm³/mol. The molecule has 2 aromatic carbocycles. The number of anilines is 1. The third kappa shape index (κ3) is 4.75. The zero-order valence-electron chi connectivity index (χ0n) is 15.9. The van der Waals surface area contributed by atoms with Crippen molar-refractivity contribution < 1.29 is 14.5 Å². The van der Waals surface area contributed by atoms with Crippen molar-refractivity contribution in [3.05, 3.63) is 58.6 Å². The van der Waals surface area contributed by atoms with E-state index in [9.17, 15) is 14.9 Å². The molecule has 0 aromatic heterocycles. The molecule has 148 valence electrons. The molecule has 1 atom stereocenters. The van der Waals surface area contributed by atoms with E-state index in [1.165, 1.54) is 12.1 Å². The smallest absolute Gasteiger partial charge is 0.269 e. The number of thioether (sulfide) groups is 1. The van der Waals surface area contributed by atoms with Crippen LogP contribution < -0.4 is 9.64 Å². The molecular formula is C20H23N3O4S. The number of carbonyl (C=O) groups excluding carboxylic acids is 1. The molecule has 3 rings (SSSR count). The summed E-state index contributed by atoms with van der Waals surface area (Å²) in [6, 6.07) is 14.3. The Hall–Kier alpha value is -2.74. The van der Waals surface area contributed by atoms with Crippen LogP contribution in [-0.2, 0) is 4.79 Å². The lowest BCUT2D eigenvalue weighted by Gasteiger charge is -2.37. The van der Waals surface area contributed by atoms with Gasteiger partial charge >= 0.3 is 0 Å². The fourth-order valence-electron chi connectivity index (χ4n) is 3.14. The topological polar surface area (TPSA) is 75.9 Å². The van der Waals surface area contributed by atoms with Gasteiger partial charge in [0, 0.05) is 48.9 Å². The molecule has 0 aliphatic carbocycles. The van der Waals surface area contributed by atoms with Crippen LogP contribution in [0.5, 0.6) is 5.75 Å². The van der Waals surface area contributed by atoms with Gasteiger partial charge in [-0.05, 0) is 43.3 Å². The highest BCUT2D eigenvalue weighted by Gasteiger charge is 2.25. The summed E-state index contributed by atoms with van der Waals surface area (Å²) in [5, 5.41) is 10.6. The summed E-state index contributed by atoms with van der Waals surface area (Å²) in [6.07, 6.45) is 0. The molecule has 0 N–H and O–H groups in total. The Morgan fingerprint density at radius 2 is 1.68 bits per heavy atom. The van der Waals surface area contributed by atoms with Gasteiger partial charge in [-0.15, -0.1) is 11.8 Å². The predicted octanol–water partition coefficient (Wildman–Crippen LogP) is 3.43. The van der Waals surface area contributed by atoms with Gasteiger partial charge in [0.2, 0.25) is 5.91 Å². The average molecular weight is 401 g/mol. The summed E-state index contributed by atoms with van der Waals surface area (Å²) in [6.45, 7) is 4.64. The minimum atomic E-state index is -0.401. The van der Waals surface area contributed by atoms with Crippen molar-refractivity contribution in [1.82, 2.24) is 4.90 Å². The fraction of sp³-hybridized carbons (Fsp3) is 0.350. The van der Waals surface area contributed by atoms with Crippen LogP contribution in [0.25, 0.3) is 0 Å². The number of rotatable bonds is 6. The molecule has 0 bridgehead atoms. The number of nitrogens with zero attached hydrogens (tertiary/aromatic N) is 3. The minimum Gasteiger partial charge on any atom is -0.497 e. The van der Waals surface area contributed by atoms with E-state index in [0.717, 1.165) is 16.3 Å². The van der Waals surface area contributed by atoms with E-state index in [4.69, 9.17) is 4.74 Å². The Balaban J connectivity index is 1.53. The Bertz CT molecular complexity index is 818. The van der Waals surface area contributed by atoms with Crippen LogP contribution in [0.15, 0.2) is 53.4 Å². The molecule has 0 spiro atoms. The van der Waals surface area contributed by atoms with Gasteiger partial charge in [-0.1, -0.05) is 0 Å². The molecule has 0 saturated carbocycles. The number of non-ortho nitro benzene ring substituents is 1. The summed E-state index contributed by atoms with van der Waals surface area (Å²) in [5.74, 6) is 0.926. The highest BCUT2D eigenvalue weighted by molar-refractivity contribution is 8.00. The normalized spacial score (nSPS) is 15.2. The van der Waals surface area contributed by atoms with Gasteiger partial charge in [0.05, 0.1) is 17.3 Å². The number of hydrogen-bond donors (Lipinski definition) is 0. The number of piperazine rings is 1. The molecule has 1 aliphatic rings. The monoisotopic (exact) mass is 401 g/mol. The zero-order valence-corrected chi connectivity index (χ0v) is 16.7. The highest BCUT2D eigenvalue weighted by Crippen LogP contribution is 2.27. The lowest BCUT2D eigenvalue weighted by Crippen LogP contribution is -2.50. The van der Waals surface area contributed by atoms with Crippen LogP contribution in [0, 0.1) is 10.1 Å². The maximum absolute atomic E-state index is 12.8. The van der Waals surface area contributed by atoms with Crippen LogP contribution in [0.4, 0.5) is 11.4 Å². The van der Waals surface area contributed by atoms with Gasteiger partial charge in [0.15, 0.2) is 0 Å². The van der Waals surface area contributed by atoms with Crippen molar-refractivity contribution in [1.29, 1.82) is 0 Å². The second-order valence-electron chi connectivity index (χ2n) is 6.52. The van der Waals surface area contributed by atoms with Gasteiger partial charge in [-0.3, -0.25) is 14.9 Å². The molecule has 1 heterocycles. The van der Waals surface area contributed by atoms with Gasteiger partial charge in [0.25, 0.3) is 5.69 Å². The fourth-order valence-corrected chi connectivity index (χ4v) is 4.09. The zero-order chi connectivity index (χ0) is 20.1. The molecular weight excluding hydrogens is 378 g/mol. The van der Waals surface area contributed by atoms with Crippen molar-refractivity contribution in [3.63, 3.8) is 0 Å². The van der Waals surface area contributed by atoms with E-state index in [-0.39, 0.29) is 16.8 Å². The van der Waals surface area contributed by atoms with Crippen molar-refractivity contribution in [2.45, 2.75) is 17.1 Å². The highest BCUT2D eigenvalue weighted by atomic mass is 32.2. The summed E-state index contributed by atoms with van der Waals surface area (Å²) < 4.78 is 5.16. The first kappa shape index (κ1) is 20.0. The molecule has 7 nitrogen and oxygen atoms in total. The molecule has 1 saturated heterocycles. The van der Waals surface area contributed by atoms with Crippen LogP contribution >= 0.6 is 11.8 Å². The largest absolute Gasteiger partial charge is 0.497 e. The van der Waals surface area contributed by atoms with Gasteiger partial charge in [-0.2, -0.15) is 0 Å². The first-order valence-corrected chi connectivity index (χ1v) is 9.95. The first-order valence-electron chi connectivity index (χ1n) is 9.07. The van der Waals surface area contributed by atoms with E-state index in [2.05, 4.69) is 4.90 Å². The van der Waals surface area contributed by atoms with Gasteiger partial charge < -0.3 is 14.5 Å². The standard InChI is InChI=1S/C20H23N3O4S/c1-15(28-19-9-7-18(27-2)8-10-19)20(24)22-13-11-21(12-14-22)16-3-5-17(6-4-16)23(25)26/h3-10,15H,11-14H2,1-2H3. The van der Waals surface area contributed by atoms with Crippen LogP contribution in [-0.4, -0.2) is 54.3 Å². The summed E-state index contributed by atoms with van der Waals surface area (Å²) in [7, 11) is 1.63. The van der Waals surface area contributed by atoms with Crippen LogP contribution in [0.3, 0.4) is 0 Å². The van der Waals surface area contributed by atoms with E-state index in [1.807, 2.05) is 36.1 Å². The number of nitro groups is 1. The van der Waals surface area contributed by atoms with Gasteiger partial charge in [-0.25, -0.2) is 0 Å². The van der Waals surface area contributed by atoms with Crippen molar-refractivity contribution in [2.75, 3.05) is 38.2 Å². The minimum absolute atomic E-state index is 0.0851. The molecule has 28 heavy (non-hydrogen) atoms. The SMILES string of the molecule is COc1ccc(SC(C)C(=O)N2CCN(c3ccc([N+](=O)[O-])cc3)CC2)cc1. The number of hydrogen-bond acceptors (Lipinski definition) is 6. The molecule has 8 heteroatoms. The Morgan fingerprint density at radius 1 is 1.07 bits per heavy atom. The lowest BCUT2D eigenvalue weighted by molar-refractivity contribution is -0.384. The van der Waals surface area contributed by atoms with E-state index >= 15 is 0 Å². The number of benzene rings is 2. The average Bonchev–Trinajstić information content (AvgIpc) is 2.74. The Kier molecular flexibility index (Phi) is 6.41. The van der Waals surface area contributed by atoms with Crippen LogP contribution in [0.2, 0.25) is 0 Å². The molecule has 1 amide bonds. The summed E-state index contributed by atoms with van der Waals surface area (Å²) in [4.78, 5) is 28.2. The van der Waals surface area contributed by atoms with Crippen molar-refractivity contribution in [2.24, 2.45) is 0 Å². The van der Waals surface area contributed by atoms with Crippen molar-refractivity contribution >= 4 is 29.0 Å². The third-order valence-corrected chi connectivity index (χ3v) is 5.84. The van der Waals surface area contributed by atoms with E-state index < -0.39 is 4.92 Å². The molecule has 1 fully saturated rings. The molecule has 1 unspecified atom stereocenters. The quantitative estimate of drug-likeness (QED) is 0.419. The second kappa shape index (κ2) is 8.97. The Labute approximate surface area is 168 Å². The maximum atomic E-state index is 12.8. The maximum Gasteiger partial charge on any atom is 0.269 e. The third-order valence-electron chi connectivity index (χ3n) is 4.74. The lowest BCUT2D eigenvalue weighted by atomic mass is 10.2. The van der Waals surface area contributed by atoms with Crippen LogP contribution in [0.1, 0.15) is 6.92 Å². The number of amides is 1. The first-order chi connectivity index (χ1) is 13.5. The van der Waals surface area contributed by atoms with Crippen molar-refractivity contribution in [3.8, 4) is 5.75 Å².